The van der Waals surface area contributed by atoms with Gasteiger partial charge in [-0.1, -0.05) is 37.6 Å². The summed E-state index contributed by atoms with van der Waals surface area (Å²) in [4.78, 5) is 1.44. The van der Waals surface area contributed by atoms with E-state index in [-0.39, 0.29) is 12.0 Å². The third kappa shape index (κ3) is 3.75. The number of rotatable bonds is 5. The van der Waals surface area contributed by atoms with Gasteiger partial charge in [-0.3, -0.25) is 4.31 Å². The lowest BCUT2D eigenvalue weighted by Gasteiger charge is -2.39. The van der Waals surface area contributed by atoms with Crippen LogP contribution in [0.1, 0.15) is 24.3 Å². The summed E-state index contributed by atoms with van der Waals surface area (Å²) in [7, 11) is -3.64. The quantitative estimate of drug-likeness (QED) is 0.785. The molecule has 6 heteroatoms. The Morgan fingerprint density at radius 2 is 1.96 bits per heavy atom. The lowest BCUT2D eigenvalue weighted by atomic mass is 10.0. The highest BCUT2D eigenvalue weighted by Gasteiger charge is 2.37. The summed E-state index contributed by atoms with van der Waals surface area (Å²) in [6.07, 6.45) is 2.15. The molecule has 134 valence electrons. The zero-order valence-electron chi connectivity index (χ0n) is 14.7. The minimum Gasteiger partial charge on any atom is -0.497 e. The maximum atomic E-state index is 13.4. The van der Waals surface area contributed by atoms with Crippen molar-refractivity contribution in [2.75, 3.05) is 6.61 Å². The van der Waals surface area contributed by atoms with Gasteiger partial charge in [-0.25, -0.2) is 8.42 Å². The van der Waals surface area contributed by atoms with Crippen LogP contribution >= 0.6 is 11.3 Å². The molecule has 0 aliphatic carbocycles. The smallest absolute Gasteiger partial charge is 0.264 e. The second-order valence-corrected chi connectivity index (χ2v) is 9.47. The molecule has 2 heterocycles. The van der Waals surface area contributed by atoms with Crippen LogP contribution in [0.2, 0.25) is 0 Å². The van der Waals surface area contributed by atoms with E-state index in [2.05, 4.69) is 0 Å². The molecule has 25 heavy (non-hydrogen) atoms. The average Bonchev–Trinajstić information content (AvgIpc) is 3.08. The van der Waals surface area contributed by atoms with Crippen LogP contribution < -0.4 is 0 Å². The Balaban J connectivity index is 2.03. The Morgan fingerprint density at radius 3 is 2.56 bits per heavy atom. The molecule has 0 saturated heterocycles. The van der Waals surface area contributed by atoms with Crippen LogP contribution in [0.3, 0.4) is 0 Å². The Morgan fingerprint density at radius 1 is 1.24 bits per heavy atom. The first kappa shape index (κ1) is 18.0. The molecule has 0 fully saturated rings. The Kier molecular flexibility index (Phi) is 5.20. The number of sulfonamides is 1. The van der Waals surface area contributed by atoms with Gasteiger partial charge in [0.25, 0.3) is 10.0 Å². The molecule has 1 aromatic carbocycles. The van der Waals surface area contributed by atoms with Crippen molar-refractivity contribution in [3.05, 3.63) is 64.2 Å². The largest absolute Gasteiger partial charge is 0.497 e. The summed E-state index contributed by atoms with van der Waals surface area (Å²) in [6, 6.07) is 10.8. The van der Waals surface area contributed by atoms with Gasteiger partial charge in [0.2, 0.25) is 0 Å². The fraction of sp³-hybridized carbons (Fsp3) is 0.368. The summed E-state index contributed by atoms with van der Waals surface area (Å²) in [6.45, 7) is 6.38. The predicted octanol–water partition coefficient (Wildman–Crippen LogP) is 4.19. The van der Waals surface area contributed by atoms with Gasteiger partial charge in [-0.05, 0) is 36.4 Å². The molecule has 1 atom stereocenters. The molecule has 3 rings (SSSR count). The Labute approximate surface area is 153 Å². The van der Waals surface area contributed by atoms with Crippen LogP contribution in [0.25, 0.3) is 0 Å². The van der Waals surface area contributed by atoms with Gasteiger partial charge < -0.3 is 4.74 Å². The number of nitrogens with zero attached hydrogens (tertiary/aromatic N) is 1. The molecule has 0 radical (unpaired) electrons. The predicted molar refractivity (Wildman–Crippen MR) is 101 cm³/mol. The molecule has 0 saturated carbocycles. The van der Waals surface area contributed by atoms with Gasteiger partial charge in [0.1, 0.15) is 12.9 Å². The summed E-state index contributed by atoms with van der Waals surface area (Å²) in [5.41, 5.74) is 1.73. The van der Waals surface area contributed by atoms with Gasteiger partial charge in [0.15, 0.2) is 0 Å². The first-order valence-electron chi connectivity index (χ1n) is 8.33. The molecule has 0 N–H and O–H groups in total. The van der Waals surface area contributed by atoms with E-state index in [1.165, 1.54) is 0 Å². The summed E-state index contributed by atoms with van der Waals surface area (Å²) >= 11 is 1.62. The normalized spacial score (nSPS) is 18.2. The first-order chi connectivity index (χ1) is 11.9. The van der Waals surface area contributed by atoms with Crippen LogP contribution in [0.15, 0.2) is 58.6 Å². The first-order valence-corrected chi connectivity index (χ1v) is 10.7. The van der Waals surface area contributed by atoms with Crippen LogP contribution in [0, 0.1) is 12.8 Å². The molecule has 4 nitrogen and oxygen atoms in total. The molecule has 0 unspecified atom stereocenters. The number of benzene rings is 1. The van der Waals surface area contributed by atoms with Gasteiger partial charge in [0, 0.05) is 11.3 Å². The van der Waals surface area contributed by atoms with E-state index in [4.69, 9.17) is 4.74 Å². The third-order valence-corrected chi connectivity index (χ3v) is 7.12. The van der Waals surface area contributed by atoms with Crippen LogP contribution in [0.5, 0.6) is 0 Å². The Hall–Kier alpha value is -1.79. The highest BCUT2D eigenvalue weighted by molar-refractivity contribution is 7.89. The maximum Gasteiger partial charge on any atom is 0.264 e. The van der Waals surface area contributed by atoms with Crippen molar-refractivity contribution in [1.82, 2.24) is 4.31 Å². The maximum absolute atomic E-state index is 13.4. The van der Waals surface area contributed by atoms with Crippen molar-refractivity contribution in [2.24, 2.45) is 5.92 Å². The van der Waals surface area contributed by atoms with E-state index in [1.807, 2.05) is 50.4 Å². The lowest BCUT2D eigenvalue weighted by Crippen LogP contribution is -2.47. The highest BCUT2D eigenvalue weighted by Crippen LogP contribution is 2.32. The van der Waals surface area contributed by atoms with E-state index in [0.29, 0.717) is 23.6 Å². The van der Waals surface area contributed by atoms with Crippen LogP contribution in [-0.2, 0) is 21.2 Å². The fourth-order valence-corrected chi connectivity index (χ4v) is 5.41. The average molecular weight is 378 g/mol. The van der Waals surface area contributed by atoms with E-state index in [9.17, 15) is 8.42 Å². The van der Waals surface area contributed by atoms with E-state index >= 15 is 0 Å². The number of hydrogen-bond acceptors (Lipinski definition) is 4. The standard InChI is InChI=1S/C19H23NO3S2/c1-14(2)19-13-23-12-16(11-17-5-4-10-24-17)20(19)25(21,22)18-8-6-15(3)7-9-18/h4-10,12,14,19H,11,13H2,1-3H3/t19-/m1/s1. The fourth-order valence-electron chi connectivity index (χ4n) is 2.91. The van der Waals surface area contributed by atoms with Gasteiger partial charge in [-0.2, -0.15) is 0 Å². The second-order valence-electron chi connectivity index (χ2n) is 6.62. The van der Waals surface area contributed by atoms with Crippen LogP contribution in [-0.4, -0.2) is 25.4 Å². The minimum absolute atomic E-state index is 0.146. The lowest BCUT2D eigenvalue weighted by molar-refractivity contribution is 0.115. The number of ether oxygens (including phenoxy) is 1. The van der Waals surface area contributed by atoms with Gasteiger partial charge in [0.05, 0.1) is 16.6 Å². The number of aryl methyl sites for hydroxylation is 1. The second kappa shape index (κ2) is 7.22. The molecular weight excluding hydrogens is 354 g/mol. The van der Waals surface area contributed by atoms with Crippen LogP contribution in [0.4, 0.5) is 0 Å². The van der Waals surface area contributed by atoms with Crippen molar-refractivity contribution in [3.8, 4) is 0 Å². The van der Waals surface area contributed by atoms with Crippen molar-refractivity contribution in [2.45, 2.75) is 38.1 Å². The Bertz CT molecular complexity index is 837. The third-order valence-electron chi connectivity index (χ3n) is 4.35. The zero-order chi connectivity index (χ0) is 18.0. The number of thiophene rings is 1. The summed E-state index contributed by atoms with van der Waals surface area (Å²) < 4.78 is 34.0. The monoisotopic (exact) mass is 377 g/mol. The summed E-state index contributed by atoms with van der Waals surface area (Å²) in [5.74, 6) is 0.146. The van der Waals surface area contributed by atoms with Crippen molar-refractivity contribution >= 4 is 21.4 Å². The van der Waals surface area contributed by atoms with Crippen molar-refractivity contribution in [3.63, 3.8) is 0 Å². The molecule has 0 amide bonds. The molecule has 1 aliphatic heterocycles. The van der Waals surface area contributed by atoms with Gasteiger partial charge in [-0.15, -0.1) is 11.3 Å². The minimum atomic E-state index is -3.64. The number of hydrogen-bond donors (Lipinski definition) is 0. The number of allylic oxidation sites excluding steroid dienone is 1. The molecular formula is C19H23NO3S2. The molecule has 0 spiro atoms. The summed E-state index contributed by atoms with van der Waals surface area (Å²) in [5, 5.41) is 2.00. The van der Waals surface area contributed by atoms with Crippen molar-refractivity contribution in [1.29, 1.82) is 0 Å². The van der Waals surface area contributed by atoms with E-state index in [1.54, 1.807) is 34.0 Å². The molecule has 1 aliphatic rings. The SMILES string of the molecule is Cc1ccc(S(=O)(=O)N2C(Cc3cccs3)=COC[C@@H]2C(C)C)cc1. The molecule has 1 aromatic heterocycles. The topological polar surface area (TPSA) is 46.6 Å². The molecule has 0 bridgehead atoms. The van der Waals surface area contributed by atoms with Crippen molar-refractivity contribution < 1.29 is 13.2 Å². The zero-order valence-corrected chi connectivity index (χ0v) is 16.3. The molecule has 2 aromatic rings. The van der Waals surface area contributed by atoms with E-state index < -0.39 is 10.0 Å². The van der Waals surface area contributed by atoms with Gasteiger partial charge >= 0.3 is 0 Å². The van der Waals surface area contributed by atoms with E-state index in [0.717, 1.165) is 10.4 Å². The highest BCUT2D eigenvalue weighted by atomic mass is 32.2.